The van der Waals surface area contributed by atoms with Gasteiger partial charge in [-0.05, 0) is 47.7 Å². The van der Waals surface area contributed by atoms with Crippen LogP contribution in [0.4, 0.5) is 0 Å². The molecule has 0 aliphatic carbocycles. The summed E-state index contributed by atoms with van der Waals surface area (Å²) in [4.78, 5) is 21.2. The lowest BCUT2D eigenvalue weighted by molar-refractivity contribution is 0.912. The van der Waals surface area contributed by atoms with Crippen molar-refractivity contribution >= 4 is 27.5 Å². The highest BCUT2D eigenvalue weighted by molar-refractivity contribution is 5.98. The van der Waals surface area contributed by atoms with E-state index in [2.05, 4.69) is 35.3 Å². The van der Waals surface area contributed by atoms with Crippen LogP contribution in [-0.2, 0) is 6.42 Å². The Balaban J connectivity index is 2.09. The third-order valence-electron chi connectivity index (χ3n) is 4.95. The molecular formula is C24H21N3O. The van der Waals surface area contributed by atoms with E-state index in [-0.39, 0.29) is 5.56 Å². The standard InChI is InChI=1S/C24H21N3O/c1-4-8-19(5-2)27-20(6-3)14-16-9-7-10-21(22(16)24(27)28)18-13-17-11-12-25-23(17)26-15-18/h4-5,7-15H,1-2,6H2,3H3,(H,25,26)/b19-8+. The Hall–Kier alpha value is -3.66. The van der Waals surface area contributed by atoms with E-state index in [9.17, 15) is 4.79 Å². The highest BCUT2D eigenvalue weighted by Crippen LogP contribution is 2.29. The third-order valence-corrected chi connectivity index (χ3v) is 4.95. The molecule has 1 N–H and O–H groups in total. The van der Waals surface area contributed by atoms with Crippen molar-refractivity contribution in [2.45, 2.75) is 13.3 Å². The SMILES string of the molecule is C=C/C=C(\C=C)n1c(CC)cc2cccc(-c3cnc4[nH]ccc4c3)c2c1=O. The summed E-state index contributed by atoms with van der Waals surface area (Å²) in [5, 5.41) is 2.61. The zero-order valence-electron chi connectivity index (χ0n) is 15.8. The van der Waals surface area contributed by atoms with Crippen molar-refractivity contribution in [1.29, 1.82) is 0 Å². The van der Waals surface area contributed by atoms with Gasteiger partial charge in [-0.2, -0.15) is 0 Å². The number of hydrogen-bond donors (Lipinski definition) is 1. The average Bonchev–Trinajstić information content (AvgIpc) is 3.19. The van der Waals surface area contributed by atoms with Crippen LogP contribution in [0.15, 0.2) is 85.0 Å². The second-order valence-electron chi connectivity index (χ2n) is 6.57. The third kappa shape index (κ3) is 2.79. The summed E-state index contributed by atoms with van der Waals surface area (Å²) in [6.07, 6.45) is 9.55. The lowest BCUT2D eigenvalue weighted by Gasteiger charge is -2.16. The molecule has 0 saturated carbocycles. The van der Waals surface area contributed by atoms with Gasteiger partial charge in [0.15, 0.2) is 0 Å². The summed E-state index contributed by atoms with van der Waals surface area (Å²) in [6.45, 7) is 9.67. The number of pyridine rings is 2. The molecule has 0 unspecified atom stereocenters. The lowest BCUT2D eigenvalue weighted by Crippen LogP contribution is -2.23. The second kappa shape index (κ2) is 7.16. The van der Waals surface area contributed by atoms with Crippen molar-refractivity contribution in [2.75, 3.05) is 0 Å². The van der Waals surface area contributed by atoms with Gasteiger partial charge in [0.1, 0.15) is 5.65 Å². The van der Waals surface area contributed by atoms with Crippen LogP contribution in [0.2, 0.25) is 0 Å². The van der Waals surface area contributed by atoms with Crippen LogP contribution in [0.5, 0.6) is 0 Å². The minimum atomic E-state index is -0.0629. The van der Waals surface area contributed by atoms with E-state index in [1.807, 2.05) is 37.4 Å². The predicted octanol–water partition coefficient (Wildman–Crippen LogP) is 5.32. The summed E-state index contributed by atoms with van der Waals surface area (Å²) < 4.78 is 1.72. The van der Waals surface area contributed by atoms with Crippen molar-refractivity contribution in [3.63, 3.8) is 0 Å². The maximum absolute atomic E-state index is 13.6. The molecule has 0 aliphatic heterocycles. The summed E-state index contributed by atoms with van der Waals surface area (Å²) in [5.41, 5.74) is 4.20. The largest absolute Gasteiger partial charge is 0.346 e. The summed E-state index contributed by atoms with van der Waals surface area (Å²) in [6, 6.07) is 12.0. The highest BCUT2D eigenvalue weighted by Gasteiger charge is 2.15. The molecule has 4 nitrogen and oxygen atoms in total. The number of aromatic nitrogens is 3. The van der Waals surface area contributed by atoms with Crippen LogP contribution in [-0.4, -0.2) is 14.5 Å². The van der Waals surface area contributed by atoms with E-state index in [0.29, 0.717) is 11.1 Å². The zero-order valence-corrected chi connectivity index (χ0v) is 15.8. The Morgan fingerprint density at radius 1 is 1.21 bits per heavy atom. The van der Waals surface area contributed by atoms with E-state index < -0.39 is 0 Å². The van der Waals surface area contributed by atoms with E-state index >= 15 is 0 Å². The van der Waals surface area contributed by atoms with E-state index in [1.54, 1.807) is 29.0 Å². The molecule has 4 heteroatoms. The fourth-order valence-electron chi connectivity index (χ4n) is 3.64. The minimum Gasteiger partial charge on any atom is -0.346 e. The van der Waals surface area contributed by atoms with Gasteiger partial charge in [0.2, 0.25) is 0 Å². The molecule has 0 fully saturated rings. The first-order valence-electron chi connectivity index (χ1n) is 9.24. The van der Waals surface area contributed by atoms with Crippen molar-refractivity contribution in [2.24, 2.45) is 0 Å². The molecule has 0 spiro atoms. The molecule has 28 heavy (non-hydrogen) atoms. The molecule has 1 aromatic carbocycles. The molecule has 4 aromatic rings. The van der Waals surface area contributed by atoms with Crippen molar-refractivity contribution in [3.05, 3.63) is 96.2 Å². The number of nitrogens with one attached hydrogen (secondary N) is 1. The van der Waals surface area contributed by atoms with Gasteiger partial charge in [0, 0.05) is 34.7 Å². The van der Waals surface area contributed by atoms with Crippen molar-refractivity contribution in [3.8, 4) is 11.1 Å². The molecule has 0 amide bonds. The van der Waals surface area contributed by atoms with Gasteiger partial charge in [0.25, 0.3) is 5.56 Å². The first-order chi connectivity index (χ1) is 13.7. The average molecular weight is 367 g/mol. The first kappa shape index (κ1) is 17.7. The van der Waals surface area contributed by atoms with Crippen LogP contribution < -0.4 is 5.56 Å². The van der Waals surface area contributed by atoms with E-state index in [4.69, 9.17) is 0 Å². The van der Waals surface area contributed by atoms with Gasteiger partial charge in [-0.3, -0.25) is 9.36 Å². The monoisotopic (exact) mass is 367 g/mol. The molecule has 0 aliphatic rings. The second-order valence-corrected chi connectivity index (χ2v) is 6.57. The zero-order chi connectivity index (χ0) is 19.7. The van der Waals surface area contributed by atoms with Crippen LogP contribution in [0.25, 0.3) is 38.6 Å². The molecule has 4 rings (SSSR count). The van der Waals surface area contributed by atoms with E-state index in [0.717, 1.165) is 39.7 Å². The molecule has 0 bridgehead atoms. The Bertz CT molecular complexity index is 1300. The normalized spacial score (nSPS) is 11.8. The smallest absolute Gasteiger partial charge is 0.263 e. The summed E-state index contributed by atoms with van der Waals surface area (Å²) in [5.74, 6) is 0. The highest BCUT2D eigenvalue weighted by atomic mass is 16.1. The van der Waals surface area contributed by atoms with Gasteiger partial charge in [-0.15, -0.1) is 0 Å². The number of aromatic amines is 1. The number of nitrogens with zero attached hydrogens (tertiary/aromatic N) is 2. The van der Waals surface area contributed by atoms with E-state index in [1.165, 1.54) is 0 Å². The Kier molecular flexibility index (Phi) is 4.53. The summed E-state index contributed by atoms with van der Waals surface area (Å²) >= 11 is 0. The number of aryl methyl sites for hydroxylation is 1. The quantitative estimate of drug-likeness (QED) is 0.485. The molecule has 138 valence electrons. The summed E-state index contributed by atoms with van der Waals surface area (Å²) in [7, 11) is 0. The van der Waals surface area contributed by atoms with Crippen LogP contribution in [0, 0.1) is 0 Å². The Labute approximate surface area is 163 Å². The number of H-pyrrole nitrogens is 1. The molecular weight excluding hydrogens is 346 g/mol. The Morgan fingerprint density at radius 2 is 2.07 bits per heavy atom. The number of hydrogen-bond acceptors (Lipinski definition) is 2. The van der Waals surface area contributed by atoms with Gasteiger partial charge >= 0.3 is 0 Å². The maximum Gasteiger partial charge on any atom is 0.263 e. The molecule has 0 radical (unpaired) electrons. The molecule has 3 aromatic heterocycles. The molecule has 3 heterocycles. The van der Waals surface area contributed by atoms with Crippen molar-refractivity contribution in [1.82, 2.24) is 14.5 Å². The van der Waals surface area contributed by atoms with Gasteiger partial charge in [-0.1, -0.05) is 44.4 Å². The molecule has 0 saturated heterocycles. The first-order valence-corrected chi connectivity index (χ1v) is 9.24. The maximum atomic E-state index is 13.6. The molecule has 0 atom stereocenters. The topological polar surface area (TPSA) is 50.7 Å². The lowest BCUT2D eigenvalue weighted by atomic mass is 9.99. The fraction of sp³-hybridized carbons (Fsp3) is 0.0833. The van der Waals surface area contributed by atoms with Gasteiger partial charge < -0.3 is 4.98 Å². The predicted molar refractivity (Wildman–Crippen MR) is 117 cm³/mol. The van der Waals surface area contributed by atoms with Gasteiger partial charge in [0.05, 0.1) is 5.39 Å². The number of allylic oxidation sites excluding steroid dienone is 4. The van der Waals surface area contributed by atoms with Gasteiger partial charge in [-0.25, -0.2) is 4.98 Å². The van der Waals surface area contributed by atoms with Crippen LogP contribution in [0.1, 0.15) is 12.6 Å². The van der Waals surface area contributed by atoms with Crippen LogP contribution in [0.3, 0.4) is 0 Å². The van der Waals surface area contributed by atoms with Crippen molar-refractivity contribution < 1.29 is 0 Å². The fourth-order valence-corrected chi connectivity index (χ4v) is 3.64. The number of fused-ring (bicyclic) bond motifs is 2. The number of rotatable bonds is 5. The number of benzene rings is 1. The Morgan fingerprint density at radius 3 is 2.82 bits per heavy atom. The minimum absolute atomic E-state index is 0.0629. The van der Waals surface area contributed by atoms with Crippen LogP contribution >= 0.6 is 0 Å².